The molecule has 0 N–H and O–H groups in total. The summed E-state index contributed by atoms with van der Waals surface area (Å²) in [4.78, 5) is 19.6. The van der Waals surface area contributed by atoms with E-state index < -0.39 is 0 Å². The van der Waals surface area contributed by atoms with Crippen LogP contribution < -0.4 is 9.64 Å². The van der Waals surface area contributed by atoms with E-state index in [2.05, 4.69) is 4.68 Å². The molecule has 2 aromatic rings. The number of ether oxygens (including phenoxy) is 1. The molecule has 2 fully saturated rings. The molecule has 2 atom stereocenters. The first-order valence-electron chi connectivity index (χ1n) is 11.1. The monoisotopic (exact) mass is 394 g/mol. The number of nitrogens with zero attached hydrogens (tertiary/aromatic N) is 4. The van der Waals surface area contributed by atoms with Crippen molar-refractivity contribution in [2.75, 3.05) is 12.0 Å². The summed E-state index contributed by atoms with van der Waals surface area (Å²) in [5, 5.41) is 5.05. The number of carbonyl (C=O) groups is 1. The topological polar surface area (TPSA) is 60.2 Å². The highest BCUT2D eigenvalue weighted by molar-refractivity contribution is 5.91. The minimum Gasteiger partial charge on any atom is -0.497 e. The fourth-order valence-electron chi connectivity index (χ4n) is 6.09. The predicted molar refractivity (Wildman–Crippen MR) is 112 cm³/mol. The molecule has 1 aromatic carbocycles. The fourth-order valence-corrected chi connectivity index (χ4v) is 6.09. The van der Waals surface area contributed by atoms with Crippen LogP contribution >= 0.6 is 0 Å². The minimum absolute atomic E-state index is 0.0162. The van der Waals surface area contributed by atoms with Gasteiger partial charge in [0.05, 0.1) is 12.6 Å². The van der Waals surface area contributed by atoms with E-state index in [1.807, 2.05) is 29.2 Å². The maximum absolute atomic E-state index is 12.7. The molecule has 2 saturated carbocycles. The second kappa shape index (κ2) is 7.15. The number of hydrogen-bond acceptors (Lipinski definition) is 4. The van der Waals surface area contributed by atoms with Gasteiger partial charge in [0.15, 0.2) is 5.82 Å². The van der Waals surface area contributed by atoms with Gasteiger partial charge in [0.2, 0.25) is 11.9 Å². The Hall–Kier alpha value is -2.37. The zero-order chi connectivity index (χ0) is 20.0. The van der Waals surface area contributed by atoms with Crippen LogP contribution in [0.4, 0.5) is 5.95 Å². The predicted octanol–water partition coefficient (Wildman–Crippen LogP) is 4.54. The fraction of sp³-hybridized carbons (Fsp3) is 0.609. The summed E-state index contributed by atoms with van der Waals surface area (Å²) in [5.74, 6) is 2.85. The summed E-state index contributed by atoms with van der Waals surface area (Å²) in [6.45, 7) is 1.68. The molecule has 0 unspecified atom stereocenters. The van der Waals surface area contributed by atoms with Gasteiger partial charge in [-0.25, -0.2) is 4.68 Å². The molecule has 5 rings (SSSR count). The number of carbonyl (C=O) groups excluding carboxylic acids is 1. The van der Waals surface area contributed by atoms with E-state index in [1.165, 1.54) is 38.5 Å². The van der Waals surface area contributed by atoms with Gasteiger partial charge in [-0.15, -0.1) is 5.10 Å². The van der Waals surface area contributed by atoms with Gasteiger partial charge in [-0.2, -0.15) is 4.98 Å². The molecule has 2 aliphatic carbocycles. The first-order valence-corrected chi connectivity index (χ1v) is 11.1. The molecule has 3 aliphatic rings. The molecule has 0 bridgehead atoms. The number of amides is 1. The zero-order valence-electron chi connectivity index (χ0n) is 17.4. The van der Waals surface area contributed by atoms with Gasteiger partial charge in [0.25, 0.3) is 0 Å². The molecule has 6 nitrogen and oxygen atoms in total. The van der Waals surface area contributed by atoms with Crippen LogP contribution in [0.1, 0.15) is 64.7 Å². The average molecular weight is 395 g/mol. The van der Waals surface area contributed by atoms with Gasteiger partial charge < -0.3 is 4.74 Å². The molecule has 1 amide bonds. The van der Waals surface area contributed by atoms with Crippen LogP contribution in [0.15, 0.2) is 24.3 Å². The van der Waals surface area contributed by atoms with Crippen molar-refractivity contribution in [1.82, 2.24) is 14.8 Å². The number of hydrogen-bond donors (Lipinski definition) is 0. The number of anilines is 1. The second-order valence-electron chi connectivity index (χ2n) is 8.89. The van der Waals surface area contributed by atoms with Gasteiger partial charge in [-0.3, -0.25) is 9.69 Å². The largest absolute Gasteiger partial charge is 0.497 e. The van der Waals surface area contributed by atoms with Gasteiger partial charge in [-0.05, 0) is 49.9 Å². The van der Waals surface area contributed by atoms with Crippen molar-refractivity contribution in [2.24, 2.45) is 5.92 Å². The molecule has 0 radical (unpaired) electrons. The lowest BCUT2D eigenvalue weighted by molar-refractivity contribution is -0.118. The van der Waals surface area contributed by atoms with Crippen molar-refractivity contribution in [1.29, 1.82) is 0 Å². The van der Waals surface area contributed by atoms with Crippen molar-refractivity contribution in [3.05, 3.63) is 24.3 Å². The minimum atomic E-state index is 0.0162. The zero-order valence-corrected chi connectivity index (χ0v) is 17.4. The lowest BCUT2D eigenvalue weighted by Crippen LogP contribution is -2.61. The van der Waals surface area contributed by atoms with Crippen LogP contribution in [0.25, 0.3) is 11.4 Å². The quantitative estimate of drug-likeness (QED) is 0.750. The molecule has 2 heterocycles. The van der Waals surface area contributed by atoms with Crippen LogP contribution in [0.5, 0.6) is 5.75 Å². The number of rotatable bonds is 2. The third kappa shape index (κ3) is 2.87. The molecule has 1 spiro atoms. The van der Waals surface area contributed by atoms with E-state index in [0.717, 1.165) is 36.5 Å². The molecule has 154 valence electrons. The number of benzene rings is 1. The molecule has 1 aromatic heterocycles. The SMILES string of the molecule is COc1ccc(-c2nc3n(n2)C2(CCCCC2)[C@@H]2CCCC[C@@H]2N3C(C)=O)cc1. The maximum Gasteiger partial charge on any atom is 0.231 e. The molecule has 0 saturated heterocycles. The summed E-state index contributed by atoms with van der Waals surface area (Å²) in [6.07, 6.45) is 10.8. The smallest absolute Gasteiger partial charge is 0.231 e. The summed E-state index contributed by atoms with van der Waals surface area (Å²) in [7, 11) is 1.67. The lowest BCUT2D eigenvalue weighted by Gasteiger charge is -2.55. The van der Waals surface area contributed by atoms with Gasteiger partial charge in [-0.1, -0.05) is 32.1 Å². The Bertz CT molecular complexity index is 898. The van der Waals surface area contributed by atoms with Crippen LogP contribution in [-0.2, 0) is 10.3 Å². The summed E-state index contributed by atoms with van der Waals surface area (Å²) >= 11 is 0. The van der Waals surface area contributed by atoms with Crippen LogP contribution in [0.2, 0.25) is 0 Å². The molecule has 1 aliphatic heterocycles. The Labute approximate surface area is 172 Å². The Morgan fingerprint density at radius 2 is 1.79 bits per heavy atom. The highest BCUT2D eigenvalue weighted by atomic mass is 16.5. The van der Waals surface area contributed by atoms with Crippen molar-refractivity contribution in [2.45, 2.75) is 76.3 Å². The Morgan fingerprint density at radius 3 is 2.48 bits per heavy atom. The molecular formula is C23H30N4O2. The third-order valence-corrected chi connectivity index (χ3v) is 7.39. The van der Waals surface area contributed by atoms with Gasteiger partial charge in [0, 0.05) is 24.4 Å². The summed E-state index contributed by atoms with van der Waals surface area (Å²) < 4.78 is 7.46. The summed E-state index contributed by atoms with van der Waals surface area (Å²) in [6, 6.07) is 8.14. The molecular weight excluding hydrogens is 364 g/mol. The van der Waals surface area contributed by atoms with E-state index in [-0.39, 0.29) is 17.5 Å². The van der Waals surface area contributed by atoms with E-state index in [0.29, 0.717) is 11.7 Å². The van der Waals surface area contributed by atoms with Crippen molar-refractivity contribution in [3.63, 3.8) is 0 Å². The van der Waals surface area contributed by atoms with Gasteiger partial charge in [0.1, 0.15) is 5.75 Å². The Kier molecular flexibility index (Phi) is 4.60. The Balaban J connectivity index is 1.66. The highest BCUT2D eigenvalue weighted by Gasteiger charge is 2.54. The van der Waals surface area contributed by atoms with Crippen molar-refractivity contribution >= 4 is 11.9 Å². The number of fused-ring (bicyclic) bond motifs is 4. The van der Waals surface area contributed by atoms with Crippen LogP contribution in [0.3, 0.4) is 0 Å². The number of aromatic nitrogens is 3. The molecule has 29 heavy (non-hydrogen) atoms. The first-order chi connectivity index (χ1) is 14.1. The van der Waals surface area contributed by atoms with E-state index >= 15 is 0 Å². The maximum atomic E-state index is 12.7. The van der Waals surface area contributed by atoms with Crippen LogP contribution in [0, 0.1) is 5.92 Å². The Morgan fingerprint density at radius 1 is 1.07 bits per heavy atom. The molecule has 6 heteroatoms. The third-order valence-electron chi connectivity index (χ3n) is 7.39. The second-order valence-corrected chi connectivity index (χ2v) is 8.89. The number of methoxy groups -OCH3 is 1. The average Bonchev–Trinajstić information content (AvgIpc) is 3.20. The standard InChI is InChI=1S/C23H30N4O2/c1-16(28)26-20-9-5-4-8-19(20)23(14-6-3-7-15-23)27-22(26)24-21(25-27)17-10-12-18(29-2)13-11-17/h10-13,19-20H,3-9,14-15H2,1-2H3/t19-,20+/m1/s1. The normalized spacial score (nSPS) is 25.4. The van der Waals surface area contributed by atoms with E-state index in [1.54, 1.807) is 14.0 Å². The van der Waals surface area contributed by atoms with E-state index in [4.69, 9.17) is 14.8 Å². The van der Waals surface area contributed by atoms with E-state index in [9.17, 15) is 4.79 Å². The summed E-state index contributed by atoms with van der Waals surface area (Å²) in [5.41, 5.74) is 0.979. The lowest BCUT2D eigenvalue weighted by atomic mass is 9.64. The van der Waals surface area contributed by atoms with Crippen molar-refractivity contribution in [3.8, 4) is 17.1 Å². The van der Waals surface area contributed by atoms with Crippen LogP contribution in [-0.4, -0.2) is 33.8 Å². The first kappa shape index (κ1) is 18.6. The van der Waals surface area contributed by atoms with Crippen molar-refractivity contribution < 1.29 is 9.53 Å². The highest BCUT2D eigenvalue weighted by Crippen LogP contribution is 2.53. The van der Waals surface area contributed by atoms with Gasteiger partial charge >= 0.3 is 0 Å².